The molecule has 1 atom stereocenters. The molecule has 0 saturated carbocycles. The van der Waals surface area contributed by atoms with E-state index >= 15 is 0 Å². The fraction of sp³-hybridized carbons (Fsp3) is 0.696. The van der Waals surface area contributed by atoms with Crippen LogP contribution in [-0.4, -0.2) is 92.0 Å². The van der Waals surface area contributed by atoms with Gasteiger partial charge in [-0.3, -0.25) is 4.79 Å². The number of rotatable bonds is 12. The number of likely N-dealkylation sites (N-methyl/N-ethyl adjacent to an activating group) is 1. The smallest absolute Gasteiger partial charge is 0.235 e. The molecule has 1 aromatic carbocycles. The van der Waals surface area contributed by atoms with Gasteiger partial charge in [0.1, 0.15) is 0 Å². The summed E-state index contributed by atoms with van der Waals surface area (Å²) in [6, 6.07) is 8.86. The second-order valence-electron chi connectivity index (χ2n) is 8.14. The highest BCUT2D eigenvalue weighted by atomic mass is 32.2. The fourth-order valence-electron chi connectivity index (χ4n) is 3.70. The minimum atomic E-state index is 0.0744. The van der Waals surface area contributed by atoms with E-state index in [2.05, 4.69) is 53.4 Å². The first-order valence-corrected chi connectivity index (χ1v) is 12.3. The molecule has 6 heteroatoms. The van der Waals surface area contributed by atoms with Crippen LogP contribution in [0, 0.1) is 0 Å². The number of piperazine rings is 1. The molecule has 1 aliphatic rings. The van der Waals surface area contributed by atoms with Gasteiger partial charge in [-0.1, -0.05) is 19.1 Å². The molecule has 1 unspecified atom stereocenters. The van der Waals surface area contributed by atoms with Gasteiger partial charge in [0.15, 0.2) is 0 Å². The molecule has 0 spiro atoms. The molecule has 2 rings (SSSR count). The van der Waals surface area contributed by atoms with Crippen LogP contribution in [0.5, 0.6) is 0 Å². The molecule has 0 aliphatic carbocycles. The van der Waals surface area contributed by atoms with E-state index in [1.807, 2.05) is 18.2 Å². The molecule has 0 aromatic heterocycles. The Morgan fingerprint density at radius 1 is 1.21 bits per heavy atom. The Morgan fingerprint density at radius 2 is 1.90 bits per heavy atom. The van der Waals surface area contributed by atoms with Crippen LogP contribution in [0.25, 0.3) is 0 Å². The van der Waals surface area contributed by atoms with E-state index in [0.29, 0.717) is 0 Å². The lowest BCUT2D eigenvalue weighted by Crippen LogP contribution is -2.45. The number of amides is 1. The summed E-state index contributed by atoms with van der Waals surface area (Å²) in [6.45, 7) is 9.74. The van der Waals surface area contributed by atoms with E-state index in [4.69, 9.17) is 0 Å². The molecule has 29 heavy (non-hydrogen) atoms. The van der Waals surface area contributed by atoms with E-state index in [1.54, 1.807) is 11.8 Å². The van der Waals surface area contributed by atoms with Gasteiger partial charge in [-0.2, -0.15) is 11.8 Å². The van der Waals surface area contributed by atoms with Crippen molar-refractivity contribution in [2.45, 2.75) is 37.9 Å². The number of nitrogens with zero attached hydrogens (tertiary/aromatic N) is 3. The summed E-state index contributed by atoms with van der Waals surface area (Å²) in [5.41, 5.74) is 2.57. The summed E-state index contributed by atoms with van der Waals surface area (Å²) >= 11 is 1.67. The van der Waals surface area contributed by atoms with E-state index in [9.17, 15) is 4.79 Å². The van der Waals surface area contributed by atoms with Crippen LogP contribution in [0.1, 0.15) is 31.7 Å². The Labute approximate surface area is 182 Å². The molecule has 0 bridgehead atoms. The van der Waals surface area contributed by atoms with Crippen LogP contribution in [0.2, 0.25) is 0 Å². The van der Waals surface area contributed by atoms with E-state index in [-0.39, 0.29) is 11.2 Å². The maximum atomic E-state index is 12.4. The Morgan fingerprint density at radius 3 is 2.52 bits per heavy atom. The van der Waals surface area contributed by atoms with Crippen LogP contribution in [0.4, 0.5) is 5.69 Å². The SMILES string of the molecule is CCCN(C)C(=O)C(CCCNc1ccc(CCN2CCN(C)CC2)cc1)SC. The van der Waals surface area contributed by atoms with Gasteiger partial charge in [-0.15, -0.1) is 0 Å². The van der Waals surface area contributed by atoms with Crippen LogP contribution >= 0.6 is 11.8 Å². The number of benzene rings is 1. The summed E-state index contributed by atoms with van der Waals surface area (Å²) in [7, 11) is 4.12. The monoisotopic (exact) mass is 420 g/mol. The van der Waals surface area contributed by atoms with Gasteiger partial charge < -0.3 is 20.0 Å². The van der Waals surface area contributed by atoms with Crippen molar-refractivity contribution in [1.82, 2.24) is 14.7 Å². The second kappa shape index (κ2) is 13.1. The lowest BCUT2D eigenvalue weighted by Gasteiger charge is -2.32. The third kappa shape index (κ3) is 8.57. The number of nitrogens with one attached hydrogen (secondary N) is 1. The topological polar surface area (TPSA) is 38.8 Å². The molecule has 1 amide bonds. The summed E-state index contributed by atoms with van der Waals surface area (Å²) < 4.78 is 0. The average Bonchev–Trinajstić information content (AvgIpc) is 2.74. The van der Waals surface area contributed by atoms with E-state index in [0.717, 1.165) is 45.3 Å². The fourth-order valence-corrected chi connectivity index (χ4v) is 4.49. The number of thioether (sulfide) groups is 1. The van der Waals surface area contributed by atoms with E-state index in [1.165, 1.54) is 37.4 Å². The van der Waals surface area contributed by atoms with Crippen molar-refractivity contribution in [2.75, 3.05) is 71.5 Å². The second-order valence-corrected chi connectivity index (χ2v) is 9.19. The molecule has 0 radical (unpaired) electrons. The lowest BCUT2D eigenvalue weighted by atomic mass is 10.1. The first kappa shape index (κ1) is 24.0. The first-order valence-electron chi connectivity index (χ1n) is 11.0. The van der Waals surface area contributed by atoms with Crippen molar-refractivity contribution in [3.05, 3.63) is 29.8 Å². The van der Waals surface area contributed by atoms with Crippen LogP contribution in [0.15, 0.2) is 24.3 Å². The van der Waals surface area contributed by atoms with Gasteiger partial charge in [0.25, 0.3) is 0 Å². The Hall–Kier alpha value is -1.24. The predicted octanol–water partition coefficient (Wildman–Crippen LogP) is 3.27. The van der Waals surface area contributed by atoms with Crippen molar-refractivity contribution in [3.63, 3.8) is 0 Å². The van der Waals surface area contributed by atoms with Crippen LogP contribution < -0.4 is 5.32 Å². The van der Waals surface area contributed by atoms with Crippen molar-refractivity contribution in [3.8, 4) is 0 Å². The molecule has 5 nitrogen and oxygen atoms in total. The Bertz CT molecular complexity index is 587. The largest absolute Gasteiger partial charge is 0.385 e. The highest BCUT2D eigenvalue weighted by Crippen LogP contribution is 2.17. The molecule has 1 fully saturated rings. The average molecular weight is 421 g/mol. The zero-order chi connectivity index (χ0) is 21.1. The molecule has 1 heterocycles. The zero-order valence-electron chi connectivity index (χ0n) is 18.8. The summed E-state index contributed by atoms with van der Waals surface area (Å²) in [5, 5.41) is 3.58. The minimum absolute atomic E-state index is 0.0744. The number of carbonyl (C=O) groups excluding carboxylic acids is 1. The summed E-state index contributed by atoms with van der Waals surface area (Å²) in [5.74, 6) is 0.268. The van der Waals surface area contributed by atoms with Gasteiger partial charge in [0.2, 0.25) is 5.91 Å². The number of anilines is 1. The normalized spacial score (nSPS) is 16.6. The van der Waals surface area contributed by atoms with Crippen LogP contribution in [0.3, 0.4) is 0 Å². The van der Waals surface area contributed by atoms with Crippen molar-refractivity contribution in [1.29, 1.82) is 0 Å². The van der Waals surface area contributed by atoms with Gasteiger partial charge in [-0.05, 0) is 56.7 Å². The number of hydrogen-bond acceptors (Lipinski definition) is 5. The van der Waals surface area contributed by atoms with Crippen LogP contribution in [-0.2, 0) is 11.2 Å². The van der Waals surface area contributed by atoms with Gasteiger partial charge in [0.05, 0.1) is 5.25 Å². The molecular weight excluding hydrogens is 380 g/mol. The molecular formula is C23H40N4OS. The summed E-state index contributed by atoms with van der Waals surface area (Å²) in [6.07, 6.45) is 6.09. The zero-order valence-corrected chi connectivity index (χ0v) is 19.6. The quantitative estimate of drug-likeness (QED) is 0.526. The Balaban J connectivity index is 1.65. The van der Waals surface area contributed by atoms with Crippen molar-refractivity contribution >= 4 is 23.4 Å². The predicted molar refractivity (Wildman–Crippen MR) is 127 cm³/mol. The third-order valence-corrected chi connectivity index (χ3v) is 6.74. The number of hydrogen-bond donors (Lipinski definition) is 1. The Kier molecular flexibility index (Phi) is 10.9. The molecule has 1 saturated heterocycles. The highest BCUT2D eigenvalue weighted by molar-refractivity contribution is 7.99. The first-order chi connectivity index (χ1) is 14.0. The standard InChI is InChI=1S/C23H40N4OS/c1-5-14-26(3)23(28)22(29-4)7-6-13-24-21-10-8-20(9-11-21)12-15-27-18-16-25(2)17-19-27/h8-11,22,24H,5-7,12-19H2,1-4H3. The van der Waals surface area contributed by atoms with E-state index < -0.39 is 0 Å². The molecule has 1 N–H and O–H groups in total. The molecule has 1 aromatic rings. The number of carbonyl (C=O) groups is 1. The lowest BCUT2D eigenvalue weighted by molar-refractivity contribution is -0.129. The molecule has 1 aliphatic heterocycles. The van der Waals surface area contributed by atoms with Gasteiger partial charge >= 0.3 is 0 Å². The highest BCUT2D eigenvalue weighted by Gasteiger charge is 2.20. The molecule has 164 valence electrons. The maximum Gasteiger partial charge on any atom is 0.235 e. The summed E-state index contributed by atoms with van der Waals surface area (Å²) in [4.78, 5) is 19.3. The minimum Gasteiger partial charge on any atom is -0.385 e. The maximum absolute atomic E-state index is 12.4. The van der Waals surface area contributed by atoms with Crippen molar-refractivity contribution < 1.29 is 4.79 Å². The van der Waals surface area contributed by atoms with Gasteiger partial charge in [-0.25, -0.2) is 0 Å². The third-order valence-electron chi connectivity index (χ3n) is 5.73. The van der Waals surface area contributed by atoms with Gasteiger partial charge in [0, 0.05) is 58.5 Å². The van der Waals surface area contributed by atoms with Crippen molar-refractivity contribution in [2.24, 2.45) is 0 Å².